The molecule has 2 aliphatic rings. The molecule has 2 heteroatoms. The van der Waals surface area contributed by atoms with Gasteiger partial charge in [0.25, 0.3) is 0 Å². The van der Waals surface area contributed by atoms with Crippen molar-refractivity contribution in [3.05, 3.63) is 11.9 Å². The number of hydrogen-bond acceptors (Lipinski definition) is 2. The topological polar surface area (TPSA) is 24.4 Å². The Morgan fingerprint density at radius 1 is 1.50 bits per heavy atom. The second kappa shape index (κ2) is 2.45. The van der Waals surface area contributed by atoms with E-state index in [-0.39, 0.29) is 0 Å². The zero-order valence-corrected chi connectivity index (χ0v) is 6.01. The number of aliphatic imine (C=N–C) groups is 1. The zero-order valence-electron chi connectivity index (χ0n) is 6.01. The highest BCUT2D eigenvalue weighted by atomic mass is 14.9. The maximum atomic E-state index is 4.16. The van der Waals surface area contributed by atoms with Gasteiger partial charge in [-0.25, -0.2) is 0 Å². The van der Waals surface area contributed by atoms with Crippen LogP contribution in [0.1, 0.15) is 19.3 Å². The molecule has 0 radical (unpaired) electrons. The molecule has 0 saturated carbocycles. The van der Waals surface area contributed by atoms with Crippen LogP contribution >= 0.6 is 0 Å². The van der Waals surface area contributed by atoms with E-state index in [1.165, 1.54) is 18.5 Å². The van der Waals surface area contributed by atoms with Crippen molar-refractivity contribution in [1.29, 1.82) is 0 Å². The maximum Gasteiger partial charge on any atom is 0.0456 e. The van der Waals surface area contributed by atoms with Crippen LogP contribution in [0.3, 0.4) is 0 Å². The van der Waals surface area contributed by atoms with Crippen LogP contribution in [0.5, 0.6) is 0 Å². The summed E-state index contributed by atoms with van der Waals surface area (Å²) in [4.78, 5) is 4.16. The van der Waals surface area contributed by atoms with Gasteiger partial charge in [0.15, 0.2) is 0 Å². The Bertz CT molecular complexity index is 182. The standard InChI is InChI=1S/C8H12N2/c1-2-7-3-5-10-8(7)6-9-4-1/h4,6-7,10H,1-3,5H2. The highest BCUT2D eigenvalue weighted by molar-refractivity contribution is 5.58. The van der Waals surface area contributed by atoms with Gasteiger partial charge in [-0.05, 0) is 19.3 Å². The minimum atomic E-state index is 0.780. The molecule has 0 aromatic rings. The summed E-state index contributed by atoms with van der Waals surface area (Å²) >= 11 is 0. The van der Waals surface area contributed by atoms with E-state index in [0.717, 1.165) is 18.9 Å². The van der Waals surface area contributed by atoms with Gasteiger partial charge in [-0.15, -0.1) is 0 Å². The van der Waals surface area contributed by atoms with E-state index in [2.05, 4.69) is 10.3 Å². The van der Waals surface area contributed by atoms with Gasteiger partial charge in [-0.1, -0.05) is 0 Å². The number of hydrogen-bond donors (Lipinski definition) is 1. The Labute approximate surface area is 61.0 Å². The fraction of sp³-hybridized carbons (Fsp3) is 0.625. The molecule has 2 rings (SSSR count). The predicted octanol–water partition coefficient (Wildman–Crippen LogP) is 1.30. The monoisotopic (exact) mass is 136 g/mol. The summed E-state index contributed by atoms with van der Waals surface area (Å²) in [7, 11) is 0. The van der Waals surface area contributed by atoms with Crippen molar-refractivity contribution >= 4 is 6.21 Å². The molecule has 1 fully saturated rings. The van der Waals surface area contributed by atoms with Crippen molar-refractivity contribution in [2.24, 2.45) is 10.9 Å². The molecule has 0 spiro atoms. The molecule has 1 atom stereocenters. The number of nitrogens with one attached hydrogen (secondary N) is 1. The third-order valence-electron chi connectivity index (χ3n) is 2.23. The van der Waals surface area contributed by atoms with E-state index in [1.54, 1.807) is 0 Å². The van der Waals surface area contributed by atoms with Crippen LogP contribution in [0.25, 0.3) is 0 Å². The molecule has 10 heavy (non-hydrogen) atoms. The van der Waals surface area contributed by atoms with E-state index in [9.17, 15) is 0 Å². The van der Waals surface area contributed by atoms with Gasteiger partial charge in [0.1, 0.15) is 0 Å². The molecule has 0 aromatic heterocycles. The van der Waals surface area contributed by atoms with Crippen molar-refractivity contribution in [3.8, 4) is 0 Å². The molecule has 0 aliphatic carbocycles. The highest BCUT2D eigenvalue weighted by Gasteiger charge is 2.20. The van der Waals surface area contributed by atoms with Crippen LogP contribution < -0.4 is 5.32 Å². The van der Waals surface area contributed by atoms with Crippen LogP contribution in [0, 0.1) is 5.92 Å². The van der Waals surface area contributed by atoms with Crippen LogP contribution in [0.2, 0.25) is 0 Å². The summed E-state index contributed by atoms with van der Waals surface area (Å²) in [5.74, 6) is 0.780. The van der Waals surface area contributed by atoms with Gasteiger partial charge in [0.2, 0.25) is 0 Å². The summed E-state index contributed by atoms with van der Waals surface area (Å²) < 4.78 is 0. The highest BCUT2D eigenvalue weighted by Crippen LogP contribution is 2.24. The van der Waals surface area contributed by atoms with Gasteiger partial charge in [0.05, 0.1) is 0 Å². The van der Waals surface area contributed by atoms with Crippen LogP contribution in [0.4, 0.5) is 0 Å². The predicted molar refractivity (Wildman–Crippen MR) is 41.9 cm³/mol. The first kappa shape index (κ1) is 5.96. The Morgan fingerprint density at radius 2 is 2.50 bits per heavy atom. The molecule has 1 N–H and O–H groups in total. The maximum absolute atomic E-state index is 4.16. The Hall–Kier alpha value is -0.790. The van der Waals surface area contributed by atoms with Gasteiger partial charge in [-0.2, -0.15) is 0 Å². The minimum Gasteiger partial charge on any atom is -0.387 e. The number of fused-ring (bicyclic) bond motifs is 1. The van der Waals surface area contributed by atoms with E-state index >= 15 is 0 Å². The lowest BCUT2D eigenvalue weighted by Crippen LogP contribution is -2.05. The van der Waals surface area contributed by atoms with Crippen molar-refractivity contribution < 1.29 is 0 Å². The second-order valence-corrected chi connectivity index (χ2v) is 2.91. The van der Waals surface area contributed by atoms with E-state index in [0.29, 0.717) is 0 Å². The average Bonchev–Trinajstić information content (AvgIpc) is 2.28. The van der Waals surface area contributed by atoms with Crippen molar-refractivity contribution in [1.82, 2.24) is 5.32 Å². The first-order chi connectivity index (χ1) is 4.97. The molecule has 1 saturated heterocycles. The molecule has 0 amide bonds. The number of rotatable bonds is 0. The van der Waals surface area contributed by atoms with Crippen molar-refractivity contribution in [2.45, 2.75) is 19.3 Å². The van der Waals surface area contributed by atoms with Gasteiger partial charge < -0.3 is 5.32 Å². The number of nitrogens with zero attached hydrogens (tertiary/aromatic N) is 1. The van der Waals surface area contributed by atoms with Gasteiger partial charge in [-0.3, -0.25) is 4.99 Å². The molecule has 2 heterocycles. The van der Waals surface area contributed by atoms with Crippen molar-refractivity contribution in [2.75, 3.05) is 6.54 Å². The van der Waals surface area contributed by atoms with Crippen LogP contribution in [0.15, 0.2) is 16.9 Å². The summed E-state index contributed by atoms with van der Waals surface area (Å²) in [6.07, 6.45) is 7.71. The largest absolute Gasteiger partial charge is 0.387 e. The molecule has 1 unspecified atom stereocenters. The lowest BCUT2D eigenvalue weighted by molar-refractivity contribution is 0.603. The molecule has 54 valence electrons. The molecule has 2 aliphatic heterocycles. The third-order valence-corrected chi connectivity index (χ3v) is 2.23. The summed E-state index contributed by atoms with van der Waals surface area (Å²) in [6.45, 7) is 1.14. The summed E-state index contributed by atoms with van der Waals surface area (Å²) in [5.41, 5.74) is 1.36. The lowest BCUT2D eigenvalue weighted by atomic mass is 10.0. The average molecular weight is 136 g/mol. The molecule has 0 bridgehead atoms. The first-order valence-electron chi connectivity index (χ1n) is 3.92. The van der Waals surface area contributed by atoms with Gasteiger partial charge >= 0.3 is 0 Å². The number of allylic oxidation sites excluding steroid dienone is 1. The van der Waals surface area contributed by atoms with Crippen LogP contribution in [-0.2, 0) is 0 Å². The van der Waals surface area contributed by atoms with E-state index in [1.807, 2.05) is 12.4 Å². The normalized spacial score (nSPS) is 30.4. The minimum absolute atomic E-state index is 0.780. The van der Waals surface area contributed by atoms with Crippen molar-refractivity contribution in [3.63, 3.8) is 0 Å². The summed E-state index contributed by atoms with van der Waals surface area (Å²) in [6, 6.07) is 0. The molecule has 2 nitrogen and oxygen atoms in total. The summed E-state index contributed by atoms with van der Waals surface area (Å²) in [5, 5.41) is 3.35. The Balaban J connectivity index is 2.18. The van der Waals surface area contributed by atoms with E-state index in [4.69, 9.17) is 0 Å². The fourth-order valence-corrected chi connectivity index (χ4v) is 1.62. The molecular formula is C8H12N2. The fourth-order valence-electron chi connectivity index (χ4n) is 1.62. The van der Waals surface area contributed by atoms with Crippen LogP contribution in [-0.4, -0.2) is 12.8 Å². The smallest absolute Gasteiger partial charge is 0.0456 e. The first-order valence-corrected chi connectivity index (χ1v) is 3.92. The third kappa shape index (κ3) is 0.939. The Morgan fingerprint density at radius 3 is 3.50 bits per heavy atom. The quantitative estimate of drug-likeness (QED) is 0.533. The second-order valence-electron chi connectivity index (χ2n) is 2.91. The van der Waals surface area contributed by atoms with E-state index < -0.39 is 0 Å². The SMILES string of the molecule is C1=NC=C2NCCC2CC1. The zero-order chi connectivity index (χ0) is 6.81. The molecule has 0 aromatic carbocycles. The Kier molecular flexibility index (Phi) is 1.46. The molecular weight excluding hydrogens is 124 g/mol. The lowest BCUT2D eigenvalue weighted by Gasteiger charge is -2.05. The van der Waals surface area contributed by atoms with Gasteiger partial charge in [0, 0.05) is 30.6 Å².